The molecule has 0 saturated carbocycles. The number of carbonyl (C=O) groups excluding carboxylic acids is 1. The summed E-state index contributed by atoms with van der Waals surface area (Å²) in [6, 6.07) is 20.1. The topological polar surface area (TPSA) is 77.4 Å². The number of nitrogens with zero attached hydrogens (tertiary/aromatic N) is 2. The summed E-state index contributed by atoms with van der Waals surface area (Å²) in [4.78, 5) is 18.4. The fourth-order valence-corrected chi connectivity index (χ4v) is 4.45. The zero-order valence-corrected chi connectivity index (χ0v) is 19.7. The molecule has 0 spiro atoms. The fraction of sp³-hybridized carbons (Fsp3) is 0.154. The van der Waals surface area contributed by atoms with Gasteiger partial charge in [0.15, 0.2) is 11.5 Å². The zero-order valence-electron chi connectivity index (χ0n) is 18.9. The van der Waals surface area contributed by atoms with E-state index in [1.165, 1.54) is 0 Å². The minimum Gasteiger partial charge on any atom is -0.493 e. The van der Waals surface area contributed by atoms with Gasteiger partial charge in [0.2, 0.25) is 5.95 Å². The first-order valence-corrected chi connectivity index (χ1v) is 11.1. The monoisotopic (exact) mass is 474 g/mol. The Hall–Kier alpha value is -3.97. The van der Waals surface area contributed by atoms with Gasteiger partial charge in [-0.15, -0.1) is 0 Å². The Bertz CT molecular complexity index is 1430. The first-order valence-electron chi connectivity index (χ1n) is 10.7. The molecule has 34 heavy (non-hydrogen) atoms. The Morgan fingerprint density at radius 3 is 2.50 bits per heavy atom. The third-order valence-corrected chi connectivity index (χ3v) is 6.15. The van der Waals surface area contributed by atoms with Gasteiger partial charge < -0.3 is 20.1 Å². The first-order chi connectivity index (χ1) is 16.5. The number of allylic oxidation sites excluding steroid dienone is 1. The SMILES string of the molecule is COc1ccc([C@H]2C(C(=O)Nc3ccc(Cl)cc3)=C(C)Nc3nc4ccccc4n32)cc1OC. The highest BCUT2D eigenvalue weighted by molar-refractivity contribution is 6.30. The van der Waals surface area contributed by atoms with E-state index in [2.05, 4.69) is 10.6 Å². The van der Waals surface area contributed by atoms with Crippen LogP contribution < -0.4 is 20.1 Å². The van der Waals surface area contributed by atoms with Crippen molar-refractivity contribution in [3.05, 3.63) is 88.6 Å². The second-order valence-corrected chi connectivity index (χ2v) is 8.37. The molecule has 1 aliphatic rings. The molecule has 0 unspecified atom stereocenters. The molecular formula is C26H23ClN4O3. The molecule has 8 heteroatoms. The summed E-state index contributed by atoms with van der Waals surface area (Å²) in [6.07, 6.45) is 0. The van der Waals surface area contributed by atoms with E-state index in [0.717, 1.165) is 16.6 Å². The second-order valence-electron chi connectivity index (χ2n) is 7.94. The van der Waals surface area contributed by atoms with Gasteiger partial charge in [0.25, 0.3) is 5.91 Å². The molecule has 0 fully saturated rings. The van der Waals surface area contributed by atoms with Gasteiger partial charge >= 0.3 is 0 Å². The molecule has 0 bridgehead atoms. The maximum atomic E-state index is 13.7. The Kier molecular flexibility index (Phi) is 5.63. The van der Waals surface area contributed by atoms with E-state index in [1.54, 1.807) is 38.5 Å². The lowest BCUT2D eigenvalue weighted by Crippen LogP contribution is -2.31. The van der Waals surface area contributed by atoms with Gasteiger partial charge in [0.05, 0.1) is 36.9 Å². The molecule has 1 aliphatic heterocycles. The molecule has 0 aliphatic carbocycles. The van der Waals surface area contributed by atoms with Crippen molar-refractivity contribution in [2.24, 2.45) is 0 Å². The third kappa shape index (κ3) is 3.74. The number of benzene rings is 3. The number of methoxy groups -OCH3 is 2. The normalized spacial score (nSPS) is 15.0. The molecular weight excluding hydrogens is 452 g/mol. The van der Waals surface area contributed by atoms with Gasteiger partial charge in [0, 0.05) is 16.4 Å². The number of anilines is 2. The molecule has 1 atom stereocenters. The van der Waals surface area contributed by atoms with E-state index >= 15 is 0 Å². The number of rotatable bonds is 5. The number of nitrogens with one attached hydrogen (secondary N) is 2. The number of fused-ring (bicyclic) bond motifs is 3. The molecule has 3 aromatic carbocycles. The minimum absolute atomic E-state index is 0.226. The lowest BCUT2D eigenvalue weighted by molar-refractivity contribution is -0.113. The smallest absolute Gasteiger partial charge is 0.255 e. The van der Waals surface area contributed by atoms with Crippen LogP contribution in [0.1, 0.15) is 18.5 Å². The molecule has 2 heterocycles. The van der Waals surface area contributed by atoms with Crippen LogP contribution in [0.15, 0.2) is 78.0 Å². The molecule has 172 valence electrons. The van der Waals surface area contributed by atoms with E-state index in [0.29, 0.717) is 39.4 Å². The Balaban J connectivity index is 1.67. The van der Waals surface area contributed by atoms with Crippen LogP contribution >= 0.6 is 11.6 Å². The number of ether oxygens (including phenoxy) is 2. The summed E-state index contributed by atoms with van der Waals surface area (Å²) in [5.41, 5.74) is 4.55. The fourth-order valence-electron chi connectivity index (χ4n) is 4.33. The highest BCUT2D eigenvalue weighted by Crippen LogP contribution is 2.41. The van der Waals surface area contributed by atoms with E-state index in [-0.39, 0.29) is 5.91 Å². The molecule has 1 aromatic heterocycles. The predicted octanol–water partition coefficient (Wildman–Crippen LogP) is 5.63. The van der Waals surface area contributed by atoms with Crippen LogP contribution in [0, 0.1) is 0 Å². The number of halogens is 1. The molecule has 7 nitrogen and oxygen atoms in total. The zero-order chi connectivity index (χ0) is 23.8. The van der Waals surface area contributed by atoms with E-state index in [1.807, 2.05) is 54.0 Å². The van der Waals surface area contributed by atoms with Gasteiger partial charge in [0.1, 0.15) is 0 Å². The molecule has 2 N–H and O–H groups in total. The van der Waals surface area contributed by atoms with Crippen molar-refractivity contribution >= 4 is 40.2 Å². The summed E-state index contributed by atoms with van der Waals surface area (Å²) < 4.78 is 13.0. The lowest BCUT2D eigenvalue weighted by Gasteiger charge is -2.31. The minimum atomic E-state index is -0.448. The van der Waals surface area contributed by atoms with Crippen LogP contribution in [-0.2, 0) is 4.79 Å². The van der Waals surface area contributed by atoms with Gasteiger partial charge in [-0.3, -0.25) is 9.36 Å². The highest BCUT2D eigenvalue weighted by atomic mass is 35.5. The number of amides is 1. The lowest BCUT2D eigenvalue weighted by atomic mass is 9.94. The quantitative estimate of drug-likeness (QED) is 0.391. The Morgan fingerprint density at radius 1 is 1.03 bits per heavy atom. The number of imidazole rings is 1. The standard InChI is InChI=1S/C26H23ClN4O3/c1-15-23(25(32)29-18-11-9-17(27)10-12-18)24(16-8-13-21(33-2)22(14-16)34-3)31-20-7-5-4-6-19(20)30-26(31)28-15/h4-14,24H,1-3H3,(H,28,30)(H,29,32)/t24-/m0/s1. The van der Waals surface area contributed by atoms with Crippen LogP contribution in [0.5, 0.6) is 11.5 Å². The molecule has 5 rings (SSSR count). The largest absolute Gasteiger partial charge is 0.493 e. The van der Waals surface area contributed by atoms with Crippen LogP contribution in [0.3, 0.4) is 0 Å². The van der Waals surface area contributed by atoms with E-state index < -0.39 is 6.04 Å². The number of hydrogen-bond acceptors (Lipinski definition) is 5. The predicted molar refractivity (Wildman–Crippen MR) is 134 cm³/mol. The van der Waals surface area contributed by atoms with Crippen molar-refractivity contribution in [2.45, 2.75) is 13.0 Å². The maximum absolute atomic E-state index is 13.7. The van der Waals surface area contributed by atoms with Crippen LogP contribution in [0.4, 0.5) is 11.6 Å². The molecule has 4 aromatic rings. The van der Waals surface area contributed by atoms with Gasteiger partial charge in [-0.25, -0.2) is 4.98 Å². The van der Waals surface area contributed by atoms with E-state index in [4.69, 9.17) is 26.1 Å². The summed E-state index contributed by atoms with van der Waals surface area (Å²) in [6.45, 7) is 1.88. The molecule has 1 amide bonds. The average molecular weight is 475 g/mol. The van der Waals surface area contributed by atoms with Crippen molar-refractivity contribution in [1.29, 1.82) is 0 Å². The molecule has 0 saturated heterocycles. The number of hydrogen-bond donors (Lipinski definition) is 2. The summed E-state index contributed by atoms with van der Waals surface area (Å²) in [5, 5.41) is 6.93. The number of para-hydroxylation sites is 2. The van der Waals surface area contributed by atoms with Gasteiger partial charge in [-0.2, -0.15) is 0 Å². The van der Waals surface area contributed by atoms with Gasteiger partial charge in [-0.1, -0.05) is 29.8 Å². The molecule has 0 radical (unpaired) electrons. The maximum Gasteiger partial charge on any atom is 0.255 e. The Morgan fingerprint density at radius 2 is 1.76 bits per heavy atom. The first kappa shape index (κ1) is 21.9. The van der Waals surface area contributed by atoms with Crippen molar-refractivity contribution in [3.8, 4) is 11.5 Å². The average Bonchev–Trinajstić information content (AvgIpc) is 3.21. The second kappa shape index (κ2) is 8.76. The van der Waals surface area contributed by atoms with Gasteiger partial charge in [-0.05, 0) is 61.0 Å². The van der Waals surface area contributed by atoms with Crippen LogP contribution in [0.2, 0.25) is 5.02 Å². The third-order valence-electron chi connectivity index (χ3n) is 5.90. The van der Waals surface area contributed by atoms with E-state index in [9.17, 15) is 4.79 Å². The summed E-state index contributed by atoms with van der Waals surface area (Å²) in [7, 11) is 3.19. The number of aromatic nitrogens is 2. The van der Waals surface area contributed by atoms with Crippen molar-refractivity contribution in [1.82, 2.24) is 9.55 Å². The van der Waals surface area contributed by atoms with Crippen molar-refractivity contribution in [3.63, 3.8) is 0 Å². The number of carbonyl (C=O) groups is 1. The summed E-state index contributed by atoms with van der Waals surface area (Å²) in [5.74, 6) is 1.64. The highest BCUT2D eigenvalue weighted by Gasteiger charge is 2.34. The van der Waals surface area contributed by atoms with Crippen molar-refractivity contribution < 1.29 is 14.3 Å². The summed E-state index contributed by atoms with van der Waals surface area (Å²) >= 11 is 6.01. The Labute approximate surface area is 202 Å². The van der Waals surface area contributed by atoms with Crippen molar-refractivity contribution in [2.75, 3.05) is 24.9 Å². The van der Waals surface area contributed by atoms with Crippen LogP contribution in [0.25, 0.3) is 11.0 Å². The van der Waals surface area contributed by atoms with Crippen LogP contribution in [-0.4, -0.2) is 29.7 Å².